The van der Waals surface area contributed by atoms with E-state index in [1.54, 1.807) is 0 Å². The smallest absolute Gasteiger partial charge is 0.239 e. The van der Waals surface area contributed by atoms with Gasteiger partial charge in [-0.3, -0.25) is 10.1 Å². The van der Waals surface area contributed by atoms with Gasteiger partial charge in [0.05, 0.1) is 4.47 Å². The van der Waals surface area contributed by atoms with E-state index in [9.17, 15) is 4.79 Å². The van der Waals surface area contributed by atoms with Crippen molar-refractivity contribution in [2.24, 2.45) is 5.73 Å². The van der Waals surface area contributed by atoms with E-state index in [1.807, 2.05) is 12.1 Å². The van der Waals surface area contributed by atoms with Crippen LogP contribution in [0.2, 0.25) is 0 Å². The van der Waals surface area contributed by atoms with Crippen LogP contribution in [0.25, 0.3) is 0 Å². The van der Waals surface area contributed by atoms with Crippen LogP contribution < -0.4 is 20.5 Å². The zero-order valence-corrected chi connectivity index (χ0v) is 12.6. The quantitative estimate of drug-likeness (QED) is 0.881. The van der Waals surface area contributed by atoms with Crippen molar-refractivity contribution >= 4 is 21.8 Å². The van der Waals surface area contributed by atoms with Gasteiger partial charge in [0.25, 0.3) is 0 Å². The van der Waals surface area contributed by atoms with Gasteiger partial charge in [-0.25, -0.2) is 0 Å². The van der Waals surface area contributed by atoms with Crippen molar-refractivity contribution in [3.05, 3.63) is 22.2 Å². The van der Waals surface area contributed by atoms with Gasteiger partial charge in [0.2, 0.25) is 12.7 Å². The first-order valence-corrected chi connectivity index (χ1v) is 7.59. The summed E-state index contributed by atoms with van der Waals surface area (Å²) in [4.78, 5) is 11.8. The number of ether oxygens (including phenoxy) is 2. The second-order valence-electron chi connectivity index (χ2n) is 5.22. The molecule has 1 saturated carbocycles. The molecule has 6 heteroatoms. The van der Waals surface area contributed by atoms with E-state index in [0.29, 0.717) is 17.5 Å². The van der Waals surface area contributed by atoms with Crippen LogP contribution in [0.3, 0.4) is 0 Å². The van der Waals surface area contributed by atoms with E-state index >= 15 is 0 Å². The fourth-order valence-corrected chi connectivity index (χ4v) is 3.40. The molecule has 1 unspecified atom stereocenters. The molecular weight excluding hydrogens is 324 g/mol. The van der Waals surface area contributed by atoms with E-state index < -0.39 is 6.04 Å². The number of halogens is 1. The van der Waals surface area contributed by atoms with Crippen LogP contribution in [0.5, 0.6) is 11.5 Å². The molecule has 1 aromatic rings. The Hall–Kier alpha value is -1.27. The summed E-state index contributed by atoms with van der Waals surface area (Å²) in [5.74, 6) is 0.953. The maximum atomic E-state index is 11.8. The van der Waals surface area contributed by atoms with Crippen LogP contribution in [0.15, 0.2) is 16.6 Å². The van der Waals surface area contributed by atoms with Crippen LogP contribution in [-0.2, 0) is 4.79 Å². The molecular formula is C14H17BrN2O3. The van der Waals surface area contributed by atoms with E-state index in [-0.39, 0.29) is 12.7 Å². The molecule has 1 fully saturated rings. The molecule has 0 radical (unpaired) electrons. The molecule has 0 saturated heterocycles. The lowest BCUT2D eigenvalue weighted by molar-refractivity contribution is -0.120. The monoisotopic (exact) mass is 340 g/mol. The van der Waals surface area contributed by atoms with Crippen LogP contribution in [0, 0.1) is 0 Å². The molecule has 1 aliphatic heterocycles. The van der Waals surface area contributed by atoms with Crippen molar-refractivity contribution in [2.75, 3.05) is 6.79 Å². The number of nitrogens with two attached hydrogens (primary N) is 1. The summed E-state index contributed by atoms with van der Waals surface area (Å²) >= 11 is 3.44. The Morgan fingerprint density at radius 2 is 2.10 bits per heavy atom. The number of carbonyl (C=O) groups excluding carboxylic acids is 1. The molecule has 2 aliphatic rings. The first kappa shape index (κ1) is 13.7. The number of nitrogens with one attached hydrogen (secondary N) is 1. The van der Waals surface area contributed by atoms with Gasteiger partial charge in [0.1, 0.15) is 6.04 Å². The Morgan fingerprint density at radius 1 is 1.35 bits per heavy atom. The summed E-state index contributed by atoms with van der Waals surface area (Å²) < 4.78 is 11.5. The third kappa shape index (κ3) is 2.62. The summed E-state index contributed by atoms with van der Waals surface area (Å²) in [5.41, 5.74) is 6.36. The zero-order chi connectivity index (χ0) is 14.1. The molecule has 0 aromatic heterocycles. The number of benzene rings is 1. The number of rotatable bonds is 4. The molecule has 1 heterocycles. The molecule has 1 atom stereocenters. The predicted octanol–water partition coefficient (Wildman–Crippen LogP) is 2.24. The van der Waals surface area contributed by atoms with Gasteiger partial charge in [0, 0.05) is 6.04 Å². The minimum atomic E-state index is -0.496. The van der Waals surface area contributed by atoms with Gasteiger partial charge >= 0.3 is 0 Å². The Morgan fingerprint density at radius 3 is 2.80 bits per heavy atom. The number of fused-ring (bicyclic) bond motifs is 1. The molecule has 20 heavy (non-hydrogen) atoms. The van der Waals surface area contributed by atoms with Crippen LogP contribution in [-0.4, -0.2) is 18.7 Å². The van der Waals surface area contributed by atoms with Gasteiger partial charge in [-0.2, -0.15) is 0 Å². The average Bonchev–Trinajstić information content (AvgIpc) is 3.06. The van der Waals surface area contributed by atoms with Gasteiger partial charge in [-0.15, -0.1) is 0 Å². The Bertz CT molecular complexity index is 529. The number of amides is 1. The Balaban J connectivity index is 1.87. The Labute approximate surface area is 125 Å². The second kappa shape index (κ2) is 5.61. The minimum absolute atomic E-state index is 0.203. The standard InChI is InChI=1S/C14H17BrN2O3/c15-10-5-8(6-11-13(10)20-7-19-11)12(14(16)18)17-9-3-1-2-4-9/h5-6,9,12,17H,1-4,7H2,(H2,16,18). The van der Waals surface area contributed by atoms with Crippen molar-refractivity contribution in [2.45, 2.75) is 37.8 Å². The number of primary amides is 1. The maximum Gasteiger partial charge on any atom is 0.239 e. The second-order valence-corrected chi connectivity index (χ2v) is 6.07. The molecule has 5 nitrogen and oxygen atoms in total. The first-order valence-electron chi connectivity index (χ1n) is 6.79. The SMILES string of the molecule is NC(=O)C(NC1CCCC1)c1cc(Br)c2c(c1)OCO2. The van der Waals surface area contributed by atoms with Crippen molar-refractivity contribution in [1.82, 2.24) is 5.32 Å². The molecule has 1 aliphatic carbocycles. The lowest BCUT2D eigenvalue weighted by Gasteiger charge is -2.21. The third-order valence-electron chi connectivity index (χ3n) is 3.82. The van der Waals surface area contributed by atoms with E-state index in [2.05, 4.69) is 21.2 Å². The number of carbonyl (C=O) groups is 1. The Kier molecular flexibility index (Phi) is 3.85. The zero-order valence-electron chi connectivity index (χ0n) is 11.0. The summed E-state index contributed by atoms with van der Waals surface area (Å²) in [6.07, 6.45) is 4.59. The maximum absolute atomic E-state index is 11.8. The van der Waals surface area contributed by atoms with Gasteiger partial charge < -0.3 is 15.2 Å². The molecule has 0 bridgehead atoms. The molecule has 1 amide bonds. The van der Waals surface area contributed by atoms with Crippen LogP contribution in [0.1, 0.15) is 37.3 Å². The van der Waals surface area contributed by atoms with E-state index in [4.69, 9.17) is 15.2 Å². The fraction of sp³-hybridized carbons (Fsp3) is 0.500. The molecule has 3 N–H and O–H groups in total. The summed E-state index contributed by atoms with van der Waals surface area (Å²) in [6.45, 7) is 0.203. The highest BCUT2D eigenvalue weighted by Gasteiger charge is 2.27. The van der Waals surface area contributed by atoms with Crippen molar-refractivity contribution < 1.29 is 14.3 Å². The van der Waals surface area contributed by atoms with Crippen LogP contribution >= 0.6 is 15.9 Å². The molecule has 1 aromatic carbocycles. The van der Waals surface area contributed by atoms with Gasteiger partial charge in [0.15, 0.2) is 11.5 Å². The summed E-state index contributed by atoms with van der Waals surface area (Å²) in [5, 5.41) is 3.36. The van der Waals surface area contributed by atoms with Gasteiger partial charge in [-0.05, 0) is 46.5 Å². The fourth-order valence-electron chi connectivity index (χ4n) is 2.82. The van der Waals surface area contributed by atoms with E-state index in [1.165, 1.54) is 12.8 Å². The first-order chi connectivity index (χ1) is 9.65. The number of hydrogen-bond donors (Lipinski definition) is 2. The van der Waals surface area contributed by atoms with E-state index in [0.717, 1.165) is 22.9 Å². The van der Waals surface area contributed by atoms with Crippen molar-refractivity contribution in [1.29, 1.82) is 0 Å². The molecule has 0 spiro atoms. The topological polar surface area (TPSA) is 73.6 Å². The minimum Gasteiger partial charge on any atom is -0.454 e. The van der Waals surface area contributed by atoms with Crippen LogP contribution in [0.4, 0.5) is 0 Å². The number of hydrogen-bond acceptors (Lipinski definition) is 4. The summed E-state index contributed by atoms with van der Waals surface area (Å²) in [7, 11) is 0. The third-order valence-corrected chi connectivity index (χ3v) is 4.41. The highest BCUT2D eigenvalue weighted by molar-refractivity contribution is 9.10. The van der Waals surface area contributed by atoms with Gasteiger partial charge in [-0.1, -0.05) is 12.8 Å². The molecule has 3 rings (SSSR count). The highest BCUT2D eigenvalue weighted by Crippen LogP contribution is 2.41. The van der Waals surface area contributed by atoms with Crippen molar-refractivity contribution in [3.8, 4) is 11.5 Å². The molecule has 108 valence electrons. The lowest BCUT2D eigenvalue weighted by atomic mass is 10.0. The normalized spacial score (nSPS) is 19.2. The highest BCUT2D eigenvalue weighted by atomic mass is 79.9. The predicted molar refractivity (Wildman–Crippen MR) is 77.6 cm³/mol. The lowest BCUT2D eigenvalue weighted by Crippen LogP contribution is -2.38. The van der Waals surface area contributed by atoms with Crippen molar-refractivity contribution in [3.63, 3.8) is 0 Å². The summed E-state index contributed by atoms with van der Waals surface area (Å²) in [6, 6.07) is 3.55. The largest absolute Gasteiger partial charge is 0.454 e. The average molecular weight is 341 g/mol.